The maximum atomic E-state index is 9.56. The van der Waals surface area contributed by atoms with Gasteiger partial charge in [-0.2, -0.15) is 0 Å². The summed E-state index contributed by atoms with van der Waals surface area (Å²) in [5, 5.41) is 19.1. The average Bonchev–Trinajstić information content (AvgIpc) is 2.75. The van der Waals surface area contributed by atoms with E-state index in [0.717, 1.165) is 22.3 Å². The van der Waals surface area contributed by atoms with Crippen molar-refractivity contribution in [1.82, 2.24) is 15.0 Å². The summed E-state index contributed by atoms with van der Waals surface area (Å²) in [6.45, 7) is 0. The van der Waals surface area contributed by atoms with E-state index >= 15 is 0 Å². The molecule has 0 radical (unpaired) electrons. The van der Waals surface area contributed by atoms with Crippen LogP contribution in [0.25, 0.3) is 33.9 Å². The van der Waals surface area contributed by atoms with Gasteiger partial charge in [-0.15, -0.1) is 0 Å². The number of benzene rings is 3. The third-order valence-electron chi connectivity index (χ3n) is 4.17. The number of rotatable bonds is 4. The first-order valence-electron chi connectivity index (χ1n) is 8.54. The monoisotopic (exact) mass is 353 g/mol. The number of hydrogen-bond donors (Lipinski definition) is 2. The fourth-order valence-electron chi connectivity index (χ4n) is 2.80. The first-order valence-corrected chi connectivity index (χ1v) is 8.54. The molecular weight excluding hydrogens is 337 g/mol. The van der Waals surface area contributed by atoms with Crippen molar-refractivity contribution in [3.8, 4) is 33.9 Å². The minimum Gasteiger partial charge on any atom is -0.421 e. The zero-order valence-corrected chi connectivity index (χ0v) is 14.4. The summed E-state index contributed by atoms with van der Waals surface area (Å²) >= 11 is 0. The predicted octanol–water partition coefficient (Wildman–Crippen LogP) is 2.55. The Labute approximate surface area is 157 Å². The van der Waals surface area contributed by atoms with Crippen LogP contribution in [0.3, 0.4) is 0 Å². The van der Waals surface area contributed by atoms with Crippen LogP contribution in [0.5, 0.6) is 0 Å². The second kappa shape index (κ2) is 7.49. The molecule has 1 aromatic heterocycles. The Bertz CT molecular complexity index is 1040. The second-order valence-corrected chi connectivity index (χ2v) is 6.02. The van der Waals surface area contributed by atoms with Gasteiger partial charge in [0.15, 0.2) is 17.4 Å². The van der Waals surface area contributed by atoms with Gasteiger partial charge in [0.05, 0.1) is 0 Å². The van der Waals surface area contributed by atoms with Crippen LogP contribution in [-0.4, -0.2) is 32.1 Å². The Morgan fingerprint density at radius 3 is 1.41 bits per heavy atom. The first kappa shape index (κ1) is 17.1. The van der Waals surface area contributed by atoms with Gasteiger partial charge in [0.2, 0.25) is 0 Å². The molecule has 1 heterocycles. The van der Waals surface area contributed by atoms with Gasteiger partial charge in [0, 0.05) is 11.1 Å². The molecular formula is C21H16BN3O2. The van der Waals surface area contributed by atoms with Gasteiger partial charge in [-0.3, -0.25) is 0 Å². The Balaban J connectivity index is 1.76. The van der Waals surface area contributed by atoms with E-state index < -0.39 is 7.12 Å². The minimum atomic E-state index is -1.77. The van der Waals surface area contributed by atoms with Crippen LogP contribution in [-0.2, 0) is 0 Å². The summed E-state index contributed by atoms with van der Waals surface area (Å²) in [5.41, 5.74) is 3.68. The Morgan fingerprint density at radius 1 is 0.481 bits per heavy atom. The van der Waals surface area contributed by atoms with E-state index in [-0.39, 0.29) is 5.72 Å². The molecule has 4 aromatic rings. The van der Waals surface area contributed by atoms with Crippen molar-refractivity contribution in [1.29, 1.82) is 0 Å². The average molecular weight is 353 g/mol. The molecule has 5 nitrogen and oxygen atoms in total. The second-order valence-electron chi connectivity index (χ2n) is 6.02. The van der Waals surface area contributed by atoms with Crippen LogP contribution in [0.4, 0.5) is 0 Å². The molecule has 0 aliphatic carbocycles. The molecule has 0 fully saturated rings. The maximum Gasteiger partial charge on any atom is 0.528 e. The molecule has 0 saturated heterocycles. The van der Waals surface area contributed by atoms with Crippen LogP contribution in [0, 0.1) is 0 Å². The molecule has 0 atom stereocenters. The lowest BCUT2D eigenvalue weighted by atomic mass is 9.90. The molecule has 6 heteroatoms. The standard InChI is InChI=1S/C21H16BN3O2/c26-22(27)21-24-19(17-9-5-2-6-10-17)23-20(25-21)18-13-11-16(12-14-18)15-7-3-1-4-8-15/h1-14,26-27H. The van der Waals surface area contributed by atoms with E-state index in [1.54, 1.807) is 0 Å². The molecule has 0 saturated carbocycles. The molecule has 27 heavy (non-hydrogen) atoms. The molecule has 4 rings (SSSR count). The smallest absolute Gasteiger partial charge is 0.421 e. The highest BCUT2D eigenvalue weighted by molar-refractivity contribution is 6.56. The Morgan fingerprint density at radius 2 is 0.889 bits per heavy atom. The van der Waals surface area contributed by atoms with Crippen molar-refractivity contribution in [2.45, 2.75) is 0 Å². The summed E-state index contributed by atoms with van der Waals surface area (Å²) in [6.07, 6.45) is 0. The van der Waals surface area contributed by atoms with Crippen molar-refractivity contribution < 1.29 is 10.0 Å². The Hall–Kier alpha value is -3.35. The lowest BCUT2D eigenvalue weighted by molar-refractivity contribution is 0.422. The predicted molar refractivity (Wildman–Crippen MR) is 106 cm³/mol. The van der Waals surface area contributed by atoms with E-state index in [0.29, 0.717) is 11.6 Å². The number of aromatic nitrogens is 3. The normalized spacial score (nSPS) is 10.6. The Kier molecular flexibility index (Phi) is 4.74. The summed E-state index contributed by atoms with van der Waals surface area (Å²) in [6, 6.07) is 27.3. The van der Waals surface area contributed by atoms with Crippen molar-refractivity contribution in [2.75, 3.05) is 0 Å². The fraction of sp³-hybridized carbons (Fsp3) is 0. The van der Waals surface area contributed by atoms with E-state index in [1.807, 2.05) is 84.9 Å². The van der Waals surface area contributed by atoms with Crippen molar-refractivity contribution in [3.05, 3.63) is 84.9 Å². The highest BCUT2D eigenvalue weighted by Gasteiger charge is 2.19. The summed E-state index contributed by atoms with van der Waals surface area (Å²) in [5.74, 6) is 0.794. The van der Waals surface area contributed by atoms with E-state index in [2.05, 4.69) is 15.0 Å². The van der Waals surface area contributed by atoms with Crippen LogP contribution < -0.4 is 5.72 Å². The van der Waals surface area contributed by atoms with Gasteiger partial charge < -0.3 is 10.0 Å². The quantitative estimate of drug-likeness (QED) is 0.552. The van der Waals surface area contributed by atoms with E-state index in [1.165, 1.54) is 0 Å². The fourth-order valence-corrected chi connectivity index (χ4v) is 2.80. The van der Waals surface area contributed by atoms with Gasteiger partial charge in [0.25, 0.3) is 0 Å². The molecule has 130 valence electrons. The van der Waals surface area contributed by atoms with E-state index in [4.69, 9.17) is 0 Å². The third-order valence-corrected chi connectivity index (χ3v) is 4.17. The molecule has 0 aliphatic rings. The van der Waals surface area contributed by atoms with Gasteiger partial charge in [0.1, 0.15) is 0 Å². The molecule has 0 spiro atoms. The van der Waals surface area contributed by atoms with E-state index in [9.17, 15) is 10.0 Å². The summed E-state index contributed by atoms with van der Waals surface area (Å²) < 4.78 is 0. The topological polar surface area (TPSA) is 79.1 Å². The summed E-state index contributed by atoms with van der Waals surface area (Å²) in [7, 11) is -1.77. The molecule has 0 amide bonds. The summed E-state index contributed by atoms with van der Waals surface area (Å²) in [4.78, 5) is 12.9. The van der Waals surface area contributed by atoms with Crippen LogP contribution in [0.15, 0.2) is 84.9 Å². The van der Waals surface area contributed by atoms with Crippen molar-refractivity contribution >= 4 is 12.8 Å². The highest BCUT2D eigenvalue weighted by atomic mass is 16.4. The number of nitrogens with zero attached hydrogens (tertiary/aromatic N) is 3. The first-order chi connectivity index (χ1) is 13.2. The SMILES string of the molecule is OB(O)c1nc(-c2ccccc2)nc(-c2ccc(-c3ccccc3)cc2)n1. The largest absolute Gasteiger partial charge is 0.528 e. The van der Waals surface area contributed by atoms with Gasteiger partial charge in [-0.05, 0) is 11.1 Å². The van der Waals surface area contributed by atoms with Gasteiger partial charge >= 0.3 is 7.12 Å². The maximum absolute atomic E-state index is 9.56. The van der Waals surface area contributed by atoms with Gasteiger partial charge in [-0.1, -0.05) is 84.9 Å². The van der Waals surface area contributed by atoms with Crippen LogP contribution in [0.2, 0.25) is 0 Å². The molecule has 0 aliphatic heterocycles. The lowest BCUT2D eigenvalue weighted by Gasteiger charge is -2.08. The molecule has 0 unspecified atom stereocenters. The van der Waals surface area contributed by atoms with Crippen molar-refractivity contribution in [3.63, 3.8) is 0 Å². The van der Waals surface area contributed by atoms with Crippen molar-refractivity contribution in [2.24, 2.45) is 0 Å². The minimum absolute atomic E-state index is 0.0778. The lowest BCUT2D eigenvalue weighted by Crippen LogP contribution is -2.36. The zero-order valence-electron chi connectivity index (χ0n) is 14.4. The van der Waals surface area contributed by atoms with Crippen LogP contribution >= 0.6 is 0 Å². The third kappa shape index (κ3) is 3.77. The van der Waals surface area contributed by atoms with Gasteiger partial charge in [-0.25, -0.2) is 15.0 Å². The number of hydrogen-bond acceptors (Lipinski definition) is 5. The molecule has 0 bridgehead atoms. The highest BCUT2D eigenvalue weighted by Crippen LogP contribution is 2.23. The molecule has 3 aromatic carbocycles. The zero-order chi connectivity index (χ0) is 18.6. The van der Waals surface area contributed by atoms with Crippen LogP contribution in [0.1, 0.15) is 0 Å². The molecule has 2 N–H and O–H groups in total.